The van der Waals surface area contributed by atoms with Gasteiger partial charge in [0.15, 0.2) is 23.4 Å². The SMILES string of the molecule is CC(C)[C@H](O)C(=O)N[C@H]1Cc2ccc3c(c2)C2(c4ccccc4N[C@@H]2O3)c2oc(nc2-c2nc(C#N)co2)[C@H](C(C)(C)C)NC1=O. The molecule has 2 aromatic heterocycles. The summed E-state index contributed by atoms with van der Waals surface area (Å²) in [6, 6.07) is 13.7. The Morgan fingerprint density at radius 2 is 1.93 bits per heavy atom. The van der Waals surface area contributed by atoms with Gasteiger partial charge in [-0.3, -0.25) is 9.59 Å². The fourth-order valence-corrected chi connectivity index (χ4v) is 6.56. The molecule has 0 fully saturated rings. The summed E-state index contributed by atoms with van der Waals surface area (Å²) >= 11 is 0. The Kier molecular flexibility index (Phi) is 6.72. The van der Waals surface area contributed by atoms with Crippen molar-refractivity contribution in [3.05, 3.63) is 82.8 Å². The zero-order chi connectivity index (χ0) is 32.5. The molecule has 4 aromatic rings. The average Bonchev–Trinajstić information content (AvgIpc) is 3.78. The van der Waals surface area contributed by atoms with Crippen molar-refractivity contribution in [2.75, 3.05) is 5.32 Å². The number of anilines is 1. The number of hydrogen-bond acceptors (Lipinski definition) is 10. The van der Waals surface area contributed by atoms with Crippen molar-refractivity contribution in [3.8, 4) is 23.4 Å². The van der Waals surface area contributed by atoms with Gasteiger partial charge in [-0.1, -0.05) is 65.0 Å². The average molecular weight is 623 g/mol. The van der Waals surface area contributed by atoms with Crippen molar-refractivity contribution in [1.29, 1.82) is 5.26 Å². The van der Waals surface area contributed by atoms with E-state index in [2.05, 4.69) is 20.9 Å². The number of oxazole rings is 2. The minimum absolute atomic E-state index is 0.0793. The number of aliphatic hydroxyl groups is 1. The molecule has 0 radical (unpaired) electrons. The summed E-state index contributed by atoms with van der Waals surface area (Å²) in [5, 5.41) is 29.4. The first kappa shape index (κ1) is 29.6. The molecule has 4 N–H and O–H groups in total. The van der Waals surface area contributed by atoms with Gasteiger partial charge in [0.1, 0.15) is 41.7 Å². The van der Waals surface area contributed by atoms with E-state index in [0.29, 0.717) is 11.5 Å². The van der Waals surface area contributed by atoms with Crippen molar-refractivity contribution >= 4 is 17.5 Å². The van der Waals surface area contributed by atoms with E-state index in [9.17, 15) is 20.0 Å². The Balaban J connectivity index is 1.50. The normalized spacial score (nSPS) is 23.5. The summed E-state index contributed by atoms with van der Waals surface area (Å²) in [5.41, 5.74) is 1.91. The zero-order valence-corrected chi connectivity index (χ0v) is 26.0. The highest BCUT2D eigenvalue weighted by molar-refractivity contribution is 5.90. The van der Waals surface area contributed by atoms with Crippen LogP contribution in [-0.2, 0) is 21.4 Å². The fraction of sp³-hybridized carbons (Fsp3) is 0.382. The lowest BCUT2D eigenvalue weighted by Crippen LogP contribution is -2.53. The molecule has 1 spiro atoms. The maximum atomic E-state index is 14.0. The van der Waals surface area contributed by atoms with Gasteiger partial charge in [0.2, 0.25) is 23.6 Å². The third-order valence-corrected chi connectivity index (χ3v) is 8.94. The van der Waals surface area contributed by atoms with E-state index in [1.165, 1.54) is 6.26 Å². The first-order valence-corrected chi connectivity index (χ1v) is 15.2. The summed E-state index contributed by atoms with van der Waals surface area (Å²) in [6.07, 6.45) is -0.520. The summed E-state index contributed by atoms with van der Waals surface area (Å²) in [6.45, 7) is 9.28. The lowest BCUT2D eigenvalue weighted by molar-refractivity contribution is -0.136. The molecule has 4 bridgehead atoms. The zero-order valence-electron chi connectivity index (χ0n) is 26.0. The van der Waals surface area contributed by atoms with E-state index in [1.807, 2.05) is 69.3 Å². The molecule has 46 heavy (non-hydrogen) atoms. The number of para-hydroxylation sites is 1. The summed E-state index contributed by atoms with van der Waals surface area (Å²) in [7, 11) is 0. The quantitative estimate of drug-likeness (QED) is 0.261. The Labute approximate surface area is 265 Å². The molecule has 5 atom stereocenters. The Morgan fingerprint density at radius 3 is 2.65 bits per heavy atom. The molecule has 3 aliphatic rings. The van der Waals surface area contributed by atoms with E-state index < -0.39 is 47.1 Å². The van der Waals surface area contributed by atoms with Crippen LogP contribution in [0, 0.1) is 22.7 Å². The molecule has 1 unspecified atom stereocenters. The van der Waals surface area contributed by atoms with Gasteiger partial charge in [0.05, 0.1) is 0 Å². The van der Waals surface area contributed by atoms with E-state index in [0.717, 1.165) is 22.4 Å². The van der Waals surface area contributed by atoms with Crippen LogP contribution in [0.15, 0.2) is 57.6 Å². The minimum atomic E-state index is -1.29. The van der Waals surface area contributed by atoms with Crippen molar-refractivity contribution in [2.45, 2.75) is 70.9 Å². The van der Waals surface area contributed by atoms with Gasteiger partial charge in [-0.15, -0.1) is 0 Å². The molecule has 0 aliphatic carbocycles. The Bertz CT molecular complexity index is 1910. The largest absolute Gasteiger partial charge is 0.469 e. The maximum Gasteiger partial charge on any atom is 0.250 e. The predicted molar refractivity (Wildman–Crippen MR) is 164 cm³/mol. The highest BCUT2D eigenvalue weighted by Gasteiger charge is 2.61. The number of amides is 2. The van der Waals surface area contributed by atoms with E-state index in [1.54, 1.807) is 13.8 Å². The second-order valence-electron chi connectivity index (χ2n) is 13.5. The third-order valence-electron chi connectivity index (χ3n) is 8.94. The number of aromatic nitrogens is 2. The minimum Gasteiger partial charge on any atom is -0.469 e. The molecule has 0 saturated heterocycles. The molecule has 2 amide bonds. The van der Waals surface area contributed by atoms with Crippen LogP contribution in [0.2, 0.25) is 0 Å². The van der Waals surface area contributed by atoms with Crippen LogP contribution < -0.4 is 20.7 Å². The molecule has 3 aliphatic heterocycles. The fourth-order valence-electron chi connectivity index (χ4n) is 6.56. The van der Waals surface area contributed by atoms with Gasteiger partial charge in [-0.25, -0.2) is 4.98 Å². The van der Waals surface area contributed by atoms with Crippen LogP contribution in [0.1, 0.15) is 74.7 Å². The van der Waals surface area contributed by atoms with Crippen LogP contribution in [0.4, 0.5) is 5.69 Å². The Hall–Kier alpha value is -5.15. The van der Waals surface area contributed by atoms with Crippen molar-refractivity contribution in [2.24, 2.45) is 11.3 Å². The number of carbonyl (C=O) groups is 2. The van der Waals surface area contributed by atoms with Gasteiger partial charge in [0.25, 0.3) is 0 Å². The van der Waals surface area contributed by atoms with E-state index >= 15 is 0 Å². The predicted octanol–water partition coefficient (Wildman–Crippen LogP) is 3.94. The number of nitrogens with one attached hydrogen (secondary N) is 3. The number of benzene rings is 2. The molecule has 0 saturated carbocycles. The molecule has 7 rings (SSSR count). The van der Waals surface area contributed by atoms with Gasteiger partial charge in [-0.05, 0) is 34.6 Å². The molecule has 236 valence electrons. The number of rotatable bonds is 4. The smallest absolute Gasteiger partial charge is 0.250 e. The monoisotopic (exact) mass is 622 g/mol. The highest BCUT2D eigenvalue weighted by Crippen LogP contribution is 2.59. The number of nitriles is 1. The number of nitrogens with zero attached hydrogens (tertiary/aromatic N) is 3. The second kappa shape index (κ2) is 10.5. The third kappa shape index (κ3) is 4.45. The van der Waals surface area contributed by atoms with Gasteiger partial charge < -0.3 is 34.6 Å². The lowest BCUT2D eigenvalue weighted by atomic mass is 9.72. The van der Waals surface area contributed by atoms with Gasteiger partial charge in [0, 0.05) is 17.7 Å². The highest BCUT2D eigenvalue weighted by atomic mass is 16.5. The van der Waals surface area contributed by atoms with Crippen LogP contribution in [0.25, 0.3) is 11.6 Å². The van der Waals surface area contributed by atoms with Crippen LogP contribution in [0.5, 0.6) is 5.75 Å². The lowest BCUT2D eigenvalue weighted by Gasteiger charge is -2.32. The van der Waals surface area contributed by atoms with Crippen LogP contribution in [-0.4, -0.2) is 45.3 Å². The topological polar surface area (TPSA) is 176 Å². The van der Waals surface area contributed by atoms with Crippen LogP contribution >= 0.6 is 0 Å². The first-order valence-electron chi connectivity index (χ1n) is 15.2. The second-order valence-corrected chi connectivity index (χ2v) is 13.5. The maximum absolute atomic E-state index is 14.0. The van der Waals surface area contributed by atoms with E-state index in [-0.39, 0.29) is 35.5 Å². The Morgan fingerprint density at radius 1 is 1.15 bits per heavy atom. The number of aliphatic hydroxyl groups excluding tert-OH is 1. The first-order chi connectivity index (χ1) is 21.9. The van der Waals surface area contributed by atoms with Crippen molar-refractivity contribution in [3.63, 3.8) is 0 Å². The van der Waals surface area contributed by atoms with Gasteiger partial charge >= 0.3 is 0 Å². The molecule has 12 heteroatoms. The molecule has 12 nitrogen and oxygen atoms in total. The summed E-state index contributed by atoms with van der Waals surface area (Å²) in [5.74, 6) is -0.173. The number of ether oxygens (including phenoxy) is 1. The summed E-state index contributed by atoms with van der Waals surface area (Å²) < 4.78 is 19.1. The number of fused-ring (bicyclic) bond motifs is 4. The molecule has 2 aromatic carbocycles. The molecule has 5 heterocycles. The van der Waals surface area contributed by atoms with E-state index in [4.69, 9.17) is 18.6 Å². The summed E-state index contributed by atoms with van der Waals surface area (Å²) in [4.78, 5) is 36.4. The van der Waals surface area contributed by atoms with Gasteiger partial charge in [-0.2, -0.15) is 10.2 Å². The van der Waals surface area contributed by atoms with Crippen LogP contribution in [0.3, 0.4) is 0 Å². The van der Waals surface area contributed by atoms with Crippen molar-refractivity contribution < 1.29 is 28.3 Å². The number of hydrogen-bond donors (Lipinski definition) is 4. The molecular formula is C34H34N6O6. The molecular weight excluding hydrogens is 588 g/mol. The number of carbonyl (C=O) groups excluding carboxylic acids is 2. The van der Waals surface area contributed by atoms with Crippen molar-refractivity contribution in [1.82, 2.24) is 20.6 Å². The standard InChI is InChI=1S/C34H34N6O6/c1-16(2)25(41)29(43)37-22-13-17-10-11-23-20(12-17)34(19-8-6-7-9-21(19)38-32(34)45-23)27-24(30-36-18(14-35)15-44-30)39-31(46-27)26(33(3,4)5)40-28(22)42/h6-12,15-16,22,25-26,32,38,41H,13H2,1-5H3,(H,37,43)(H,40,42)/t22-,25-,26+,32+,34?/m0/s1.